The van der Waals surface area contributed by atoms with Crippen LogP contribution in [0.4, 0.5) is 0 Å². The normalized spacial score (nSPS) is 17.8. The van der Waals surface area contributed by atoms with Crippen molar-refractivity contribution in [3.05, 3.63) is 58.7 Å². The second-order valence-corrected chi connectivity index (χ2v) is 7.10. The number of hydrogen-bond acceptors (Lipinski definition) is 7. The number of Topliss-reactive ketones (excluding diaryl/α,β-unsaturated/α-hetero) is 1. The van der Waals surface area contributed by atoms with E-state index in [0.29, 0.717) is 16.9 Å². The first kappa shape index (κ1) is 22.2. The fourth-order valence-electron chi connectivity index (χ4n) is 3.69. The number of aliphatic hydroxyl groups excluding tert-OH is 1. The molecule has 0 saturated carbocycles. The van der Waals surface area contributed by atoms with Crippen LogP contribution in [0.3, 0.4) is 0 Å². The zero-order valence-corrected chi connectivity index (χ0v) is 17.8. The first-order valence-electron chi connectivity index (χ1n) is 9.63. The largest absolute Gasteiger partial charge is 0.507 e. The summed E-state index contributed by atoms with van der Waals surface area (Å²) in [6.45, 7) is 2.17. The molecule has 3 rings (SSSR count). The number of amides is 1. The zero-order valence-electron chi connectivity index (χ0n) is 17.8. The summed E-state index contributed by atoms with van der Waals surface area (Å²) < 4.78 is 15.5. The summed E-state index contributed by atoms with van der Waals surface area (Å²) in [6, 6.07) is 8.67. The molecule has 1 aliphatic heterocycles. The number of nitrogens with zero attached hydrogens (tertiary/aromatic N) is 1. The Balaban J connectivity index is 2.19. The number of phenols is 1. The highest BCUT2D eigenvalue weighted by molar-refractivity contribution is 6.46. The number of carbonyl (C=O) groups is 2. The maximum Gasteiger partial charge on any atom is 0.295 e. The Bertz CT molecular complexity index is 1040. The van der Waals surface area contributed by atoms with Gasteiger partial charge in [0.25, 0.3) is 11.7 Å². The summed E-state index contributed by atoms with van der Waals surface area (Å²) in [5.74, 6) is -1.07. The number of likely N-dealkylation sites (tertiary alicyclic amines) is 1. The first-order valence-corrected chi connectivity index (χ1v) is 9.63. The van der Waals surface area contributed by atoms with Crippen LogP contribution in [0.5, 0.6) is 17.2 Å². The van der Waals surface area contributed by atoms with E-state index in [0.717, 1.165) is 5.56 Å². The van der Waals surface area contributed by atoms with E-state index in [-0.39, 0.29) is 36.0 Å². The van der Waals surface area contributed by atoms with E-state index in [1.165, 1.54) is 31.3 Å². The smallest absolute Gasteiger partial charge is 0.295 e. The van der Waals surface area contributed by atoms with Gasteiger partial charge in [-0.1, -0.05) is 6.07 Å². The van der Waals surface area contributed by atoms with Crippen LogP contribution >= 0.6 is 0 Å². The Morgan fingerprint density at radius 3 is 2.35 bits per heavy atom. The SMILES string of the molecule is COCCN1C(=O)C(=O)C(=C(O)c2ccc(OC)c(C)c2)[C@@H]1c1ccc(O)c(OC)c1. The van der Waals surface area contributed by atoms with E-state index >= 15 is 0 Å². The molecule has 0 unspecified atom stereocenters. The fourth-order valence-corrected chi connectivity index (χ4v) is 3.69. The van der Waals surface area contributed by atoms with Gasteiger partial charge >= 0.3 is 0 Å². The summed E-state index contributed by atoms with van der Waals surface area (Å²) in [7, 11) is 4.44. The number of aromatic hydroxyl groups is 1. The topological polar surface area (TPSA) is 106 Å². The Labute approximate surface area is 180 Å². The molecule has 164 valence electrons. The molecule has 8 nitrogen and oxygen atoms in total. The van der Waals surface area contributed by atoms with Crippen LogP contribution in [-0.4, -0.2) is 61.3 Å². The predicted molar refractivity (Wildman–Crippen MR) is 113 cm³/mol. The average molecular weight is 427 g/mol. The van der Waals surface area contributed by atoms with Gasteiger partial charge in [-0.15, -0.1) is 0 Å². The third kappa shape index (κ3) is 4.06. The molecule has 0 aliphatic carbocycles. The lowest BCUT2D eigenvalue weighted by molar-refractivity contribution is -0.140. The number of ketones is 1. The Kier molecular flexibility index (Phi) is 6.50. The van der Waals surface area contributed by atoms with Crippen molar-refractivity contribution in [1.82, 2.24) is 4.90 Å². The minimum atomic E-state index is -0.868. The van der Waals surface area contributed by atoms with E-state index in [9.17, 15) is 19.8 Å². The van der Waals surface area contributed by atoms with Gasteiger partial charge in [0, 0.05) is 19.2 Å². The molecule has 0 aromatic heterocycles. The maximum absolute atomic E-state index is 13.0. The zero-order chi connectivity index (χ0) is 22.7. The lowest BCUT2D eigenvalue weighted by Crippen LogP contribution is -2.32. The minimum Gasteiger partial charge on any atom is -0.507 e. The van der Waals surface area contributed by atoms with Crippen molar-refractivity contribution in [1.29, 1.82) is 0 Å². The van der Waals surface area contributed by atoms with Crippen molar-refractivity contribution in [3.8, 4) is 17.2 Å². The van der Waals surface area contributed by atoms with Crippen LogP contribution in [0.2, 0.25) is 0 Å². The van der Waals surface area contributed by atoms with Crippen molar-refractivity contribution in [2.75, 3.05) is 34.5 Å². The lowest BCUT2D eigenvalue weighted by Gasteiger charge is -2.25. The standard InChI is InChI=1S/C23H25NO7/c1-13-11-15(6-8-17(13)30-3)21(26)19-20(14-5-7-16(25)18(12-14)31-4)24(9-10-29-2)23(28)22(19)27/h5-8,11-12,20,25-26H,9-10H2,1-4H3/t20-/m0/s1. The Morgan fingerprint density at radius 2 is 1.74 bits per heavy atom. The number of aliphatic hydroxyl groups is 1. The summed E-state index contributed by atoms with van der Waals surface area (Å²) >= 11 is 0. The predicted octanol–water partition coefficient (Wildman–Crippen LogP) is 2.79. The molecule has 1 fully saturated rings. The number of methoxy groups -OCH3 is 3. The van der Waals surface area contributed by atoms with Gasteiger partial charge in [0.1, 0.15) is 11.5 Å². The van der Waals surface area contributed by atoms with Gasteiger partial charge in [-0.2, -0.15) is 0 Å². The van der Waals surface area contributed by atoms with Crippen LogP contribution in [0, 0.1) is 6.92 Å². The molecule has 1 atom stereocenters. The van der Waals surface area contributed by atoms with E-state index in [1.807, 2.05) is 6.92 Å². The summed E-state index contributed by atoms with van der Waals surface area (Å²) in [5, 5.41) is 21.0. The van der Waals surface area contributed by atoms with Gasteiger partial charge in [-0.3, -0.25) is 9.59 Å². The van der Waals surface area contributed by atoms with Gasteiger partial charge in [-0.25, -0.2) is 0 Å². The highest BCUT2D eigenvalue weighted by atomic mass is 16.5. The maximum atomic E-state index is 13.0. The lowest BCUT2D eigenvalue weighted by atomic mass is 9.94. The second kappa shape index (κ2) is 9.09. The molecule has 1 aliphatic rings. The number of rotatable bonds is 7. The molecule has 2 aromatic rings. The van der Waals surface area contributed by atoms with Gasteiger partial charge in [-0.05, 0) is 48.4 Å². The summed E-state index contributed by atoms with van der Waals surface area (Å²) in [4.78, 5) is 27.1. The number of phenolic OH excluding ortho intramolecular Hbond substituents is 1. The molecule has 8 heteroatoms. The molecule has 1 saturated heterocycles. The van der Waals surface area contributed by atoms with Crippen molar-refractivity contribution in [2.45, 2.75) is 13.0 Å². The third-order valence-electron chi connectivity index (χ3n) is 5.26. The molecule has 0 bridgehead atoms. The number of ether oxygens (including phenoxy) is 3. The van der Waals surface area contributed by atoms with Gasteiger partial charge in [0.15, 0.2) is 11.5 Å². The van der Waals surface area contributed by atoms with Crippen molar-refractivity contribution in [2.24, 2.45) is 0 Å². The average Bonchev–Trinajstić information content (AvgIpc) is 3.02. The summed E-state index contributed by atoms with van der Waals surface area (Å²) in [6.07, 6.45) is 0. The first-order chi connectivity index (χ1) is 14.8. The van der Waals surface area contributed by atoms with E-state index in [4.69, 9.17) is 14.2 Å². The Hall–Kier alpha value is -3.52. The summed E-state index contributed by atoms with van der Waals surface area (Å²) in [5.41, 5.74) is 1.62. The fraction of sp³-hybridized carbons (Fsp3) is 0.304. The van der Waals surface area contributed by atoms with Gasteiger partial charge in [0.2, 0.25) is 0 Å². The molecular weight excluding hydrogens is 402 g/mol. The highest BCUT2D eigenvalue weighted by Gasteiger charge is 2.46. The van der Waals surface area contributed by atoms with Crippen LogP contribution < -0.4 is 9.47 Å². The molecule has 31 heavy (non-hydrogen) atoms. The molecule has 2 aromatic carbocycles. The second-order valence-electron chi connectivity index (χ2n) is 7.10. The molecule has 1 amide bonds. The molecule has 0 radical (unpaired) electrons. The molecule has 2 N–H and O–H groups in total. The van der Waals surface area contributed by atoms with E-state index in [2.05, 4.69) is 0 Å². The molecule has 1 heterocycles. The van der Waals surface area contributed by atoms with Crippen LogP contribution in [0.25, 0.3) is 5.76 Å². The van der Waals surface area contributed by atoms with Crippen molar-refractivity contribution in [3.63, 3.8) is 0 Å². The van der Waals surface area contributed by atoms with Crippen LogP contribution in [0.15, 0.2) is 42.0 Å². The van der Waals surface area contributed by atoms with Crippen LogP contribution in [0.1, 0.15) is 22.7 Å². The van der Waals surface area contributed by atoms with Crippen LogP contribution in [-0.2, 0) is 14.3 Å². The third-order valence-corrected chi connectivity index (χ3v) is 5.26. The van der Waals surface area contributed by atoms with Crippen molar-refractivity contribution < 1.29 is 34.0 Å². The molecular formula is C23H25NO7. The monoisotopic (exact) mass is 427 g/mol. The number of aryl methyl sites for hydroxylation is 1. The highest BCUT2D eigenvalue weighted by Crippen LogP contribution is 2.41. The molecule has 0 spiro atoms. The van der Waals surface area contributed by atoms with E-state index < -0.39 is 17.7 Å². The van der Waals surface area contributed by atoms with Gasteiger partial charge in [0.05, 0.1) is 32.4 Å². The minimum absolute atomic E-state index is 0.0431. The van der Waals surface area contributed by atoms with E-state index in [1.54, 1.807) is 31.4 Å². The number of carbonyl (C=O) groups excluding carboxylic acids is 2. The number of benzene rings is 2. The number of hydrogen-bond donors (Lipinski definition) is 2. The van der Waals surface area contributed by atoms with Gasteiger partial charge < -0.3 is 29.3 Å². The quantitative estimate of drug-likeness (QED) is 0.398. The van der Waals surface area contributed by atoms with Crippen molar-refractivity contribution >= 4 is 17.4 Å². The Morgan fingerprint density at radius 1 is 1.03 bits per heavy atom.